The Bertz CT molecular complexity index is 1250. The summed E-state index contributed by atoms with van der Waals surface area (Å²) < 4.78 is 16.6. The van der Waals surface area contributed by atoms with Gasteiger partial charge in [0, 0.05) is 24.2 Å². The second kappa shape index (κ2) is 8.58. The number of methoxy groups -OCH3 is 1. The number of aliphatic hydroxyl groups excluding tert-OH is 1. The first kappa shape index (κ1) is 22.5. The second-order valence-electron chi connectivity index (χ2n) is 10.1. The van der Waals surface area contributed by atoms with Crippen molar-refractivity contribution >= 4 is 22.8 Å². The quantitative estimate of drug-likeness (QED) is 0.595. The van der Waals surface area contributed by atoms with E-state index < -0.39 is 0 Å². The lowest BCUT2D eigenvalue weighted by molar-refractivity contribution is -0.127. The van der Waals surface area contributed by atoms with Crippen molar-refractivity contribution in [2.75, 3.05) is 56.4 Å². The average molecular weight is 478 g/mol. The van der Waals surface area contributed by atoms with Crippen LogP contribution in [-0.4, -0.2) is 78.8 Å². The molecule has 9 heteroatoms. The number of morpholine rings is 1. The van der Waals surface area contributed by atoms with Gasteiger partial charge >= 0.3 is 0 Å². The Balaban J connectivity index is 1.45. The van der Waals surface area contributed by atoms with Crippen molar-refractivity contribution in [3.05, 3.63) is 35.9 Å². The van der Waals surface area contributed by atoms with Gasteiger partial charge in [0.05, 0.1) is 68.7 Å². The molecule has 3 aliphatic rings. The molecule has 184 valence electrons. The molecule has 3 fully saturated rings. The fourth-order valence-corrected chi connectivity index (χ4v) is 5.44. The lowest BCUT2D eigenvalue weighted by Crippen LogP contribution is -2.66. The van der Waals surface area contributed by atoms with Crippen LogP contribution in [-0.2, 0) is 16.1 Å². The summed E-state index contributed by atoms with van der Waals surface area (Å²) in [7, 11) is 1.60. The maximum absolute atomic E-state index is 9.77. The molecular weight excluding hydrogens is 446 g/mol. The van der Waals surface area contributed by atoms with E-state index in [-0.39, 0.29) is 24.1 Å². The van der Waals surface area contributed by atoms with Crippen molar-refractivity contribution in [2.24, 2.45) is 5.41 Å². The van der Waals surface area contributed by atoms with E-state index in [0.29, 0.717) is 30.6 Å². The van der Waals surface area contributed by atoms with E-state index in [2.05, 4.69) is 29.7 Å². The Labute approximate surface area is 204 Å². The Morgan fingerprint density at radius 1 is 1.03 bits per heavy atom. The number of aromatic nitrogens is 3. The summed E-state index contributed by atoms with van der Waals surface area (Å²) in [4.78, 5) is 19.5. The molecule has 1 aromatic carbocycles. The number of benzene rings is 1. The molecule has 0 bridgehead atoms. The van der Waals surface area contributed by atoms with Crippen LogP contribution in [0, 0.1) is 5.41 Å². The summed E-state index contributed by atoms with van der Waals surface area (Å²) in [6.07, 6.45) is 0. The lowest BCUT2D eigenvalue weighted by atomic mass is 9.78. The summed E-state index contributed by atoms with van der Waals surface area (Å²) in [5.74, 6) is 2.28. The third-order valence-corrected chi connectivity index (χ3v) is 7.34. The molecule has 0 aliphatic carbocycles. The molecule has 6 rings (SSSR count). The van der Waals surface area contributed by atoms with Crippen molar-refractivity contribution in [3.63, 3.8) is 0 Å². The largest absolute Gasteiger partial charge is 0.496 e. The summed E-state index contributed by atoms with van der Waals surface area (Å²) in [5.41, 5.74) is 3.35. The Hall–Kier alpha value is -3.01. The summed E-state index contributed by atoms with van der Waals surface area (Å²) in [6.45, 7) is 9.01. The van der Waals surface area contributed by atoms with E-state index in [1.807, 2.05) is 24.3 Å². The van der Waals surface area contributed by atoms with Crippen LogP contribution >= 0.6 is 0 Å². The van der Waals surface area contributed by atoms with E-state index in [1.165, 1.54) is 0 Å². The lowest BCUT2D eigenvalue weighted by Gasteiger charge is -2.55. The predicted octanol–water partition coefficient (Wildman–Crippen LogP) is 2.64. The zero-order valence-electron chi connectivity index (χ0n) is 20.4. The van der Waals surface area contributed by atoms with Crippen molar-refractivity contribution in [3.8, 4) is 17.0 Å². The first-order valence-corrected chi connectivity index (χ1v) is 12.2. The maximum Gasteiger partial charge on any atom is 0.229 e. The van der Waals surface area contributed by atoms with Gasteiger partial charge in [-0.05, 0) is 44.2 Å². The topological polar surface area (TPSA) is 93.1 Å². The van der Waals surface area contributed by atoms with Gasteiger partial charge in [-0.15, -0.1) is 0 Å². The highest BCUT2D eigenvalue weighted by molar-refractivity contribution is 5.90. The minimum absolute atomic E-state index is 0.103. The smallest absolute Gasteiger partial charge is 0.229 e. The van der Waals surface area contributed by atoms with E-state index in [9.17, 15) is 5.11 Å². The SMILES string of the molecule is COc1ccc(-c2ccc3c(N4[C@H](C)COC[C@@H]4C)nc(N4CC5(COC5)C4)nc3n2)cc1CO. The summed E-state index contributed by atoms with van der Waals surface area (Å²) in [5, 5.41) is 10.7. The van der Waals surface area contributed by atoms with E-state index in [0.717, 1.165) is 54.3 Å². The van der Waals surface area contributed by atoms with Gasteiger partial charge in [0.2, 0.25) is 5.95 Å². The van der Waals surface area contributed by atoms with E-state index >= 15 is 0 Å². The van der Waals surface area contributed by atoms with Gasteiger partial charge in [0.25, 0.3) is 0 Å². The average Bonchev–Trinajstić information content (AvgIpc) is 2.81. The highest BCUT2D eigenvalue weighted by Crippen LogP contribution is 2.41. The first-order chi connectivity index (χ1) is 17.0. The standard InChI is InChI=1S/C26H31N5O4/c1-16-10-34-11-17(2)31(16)24-20-5-6-21(18-4-7-22(33-3)19(8-18)9-32)27-23(20)28-25(29-24)30-12-26(13-30)14-35-15-26/h4-8,16-17,32H,9-15H2,1-3H3/t16-,17+. The van der Waals surface area contributed by atoms with Gasteiger partial charge < -0.3 is 29.1 Å². The van der Waals surface area contributed by atoms with Gasteiger partial charge in [0.15, 0.2) is 5.65 Å². The Kier molecular flexibility index (Phi) is 5.51. The first-order valence-electron chi connectivity index (χ1n) is 12.2. The van der Waals surface area contributed by atoms with Gasteiger partial charge in [-0.2, -0.15) is 9.97 Å². The van der Waals surface area contributed by atoms with Crippen LogP contribution in [0.25, 0.3) is 22.3 Å². The molecule has 2 atom stereocenters. The van der Waals surface area contributed by atoms with Crippen LogP contribution in [0.2, 0.25) is 0 Å². The normalized spacial score (nSPS) is 23.3. The molecule has 0 unspecified atom stereocenters. The zero-order chi connectivity index (χ0) is 24.2. The number of hydrogen-bond acceptors (Lipinski definition) is 9. The van der Waals surface area contributed by atoms with Crippen molar-refractivity contribution in [1.29, 1.82) is 0 Å². The molecule has 3 saturated heterocycles. The Morgan fingerprint density at radius 2 is 1.80 bits per heavy atom. The monoisotopic (exact) mass is 477 g/mol. The van der Waals surface area contributed by atoms with E-state index in [1.54, 1.807) is 7.11 Å². The highest BCUT2D eigenvalue weighted by Gasteiger charge is 2.50. The van der Waals surface area contributed by atoms with Gasteiger partial charge in [0.1, 0.15) is 11.6 Å². The molecule has 2 aromatic heterocycles. The van der Waals surface area contributed by atoms with Crippen LogP contribution < -0.4 is 14.5 Å². The van der Waals surface area contributed by atoms with Crippen LogP contribution in [0.15, 0.2) is 30.3 Å². The molecule has 5 heterocycles. The minimum Gasteiger partial charge on any atom is -0.496 e. The molecule has 9 nitrogen and oxygen atoms in total. The van der Waals surface area contributed by atoms with Crippen LogP contribution in [0.4, 0.5) is 11.8 Å². The number of ether oxygens (including phenoxy) is 3. The Morgan fingerprint density at radius 3 is 2.46 bits per heavy atom. The molecular formula is C26H31N5O4. The number of aliphatic hydroxyl groups is 1. The van der Waals surface area contributed by atoms with Crippen LogP contribution in [0.1, 0.15) is 19.4 Å². The van der Waals surface area contributed by atoms with Crippen LogP contribution in [0.3, 0.4) is 0 Å². The number of anilines is 2. The maximum atomic E-state index is 9.77. The van der Waals surface area contributed by atoms with Crippen molar-refractivity contribution < 1.29 is 19.3 Å². The molecule has 0 amide bonds. The summed E-state index contributed by atoms with van der Waals surface area (Å²) >= 11 is 0. The molecule has 3 aliphatic heterocycles. The molecule has 0 radical (unpaired) electrons. The number of rotatable bonds is 5. The molecule has 3 aromatic rings. The van der Waals surface area contributed by atoms with Crippen LogP contribution in [0.5, 0.6) is 5.75 Å². The third-order valence-electron chi connectivity index (χ3n) is 7.34. The number of fused-ring (bicyclic) bond motifs is 1. The van der Waals surface area contributed by atoms with Crippen molar-refractivity contribution in [1.82, 2.24) is 15.0 Å². The number of nitrogens with zero attached hydrogens (tertiary/aromatic N) is 5. The highest BCUT2D eigenvalue weighted by atomic mass is 16.5. The number of pyridine rings is 1. The van der Waals surface area contributed by atoms with Crippen molar-refractivity contribution in [2.45, 2.75) is 32.5 Å². The number of hydrogen-bond donors (Lipinski definition) is 1. The van der Waals surface area contributed by atoms with Gasteiger partial charge in [-0.3, -0.25) is 0 Å². The van der Waals surface area contributed by atoms with E-state index in [4.69, 9.17) is 29.2 Å². The fourth-order valence-electron chi connectivity index (χ4n) is 5.44. The predicted molar refractivity (Wildman–Crippen MR) is 133 cm³/mol. The fraction of sp³-hybridized carbons (Fsp3) is 0.500. The molecule has 0 saturated carbocycles. The minimum atomic E-state index is -0.103. The zero-order valence-corrected chi connectivity index (χ0v) is 20.4. The van der Waals surface area contributed by atoms with Gasteiger partial charge in [-0.1, -0.05) is 0 Å². The third kappa shape index (κ3) is 3.78. The van der Waals surface area contributed by atoms with Gasteiger partial charge in [-0.25, -0.2) is 4.98 Å². The second-order valence-corrected chi connectivity index (χ2v) is 10.1. The molecule has 1 spiro atoms. The molecule has 1 N–H and O–H groups in total. The summed E-state index contributed by atoms with van der Waals surface area (Å²) in [6, 6.07) is 10.2. The molecule has 35 heavy (non-hydrogen) atoms.